The molecular weight excluding hydrogens is 348 g/mol. The summed E-state index contributed by atoms with van der Waals surface area (Å²) in [5.74, 6) is -1.41. The zero-order valence-electron chi connectivity index (χ0n) is 13.5. The molecule has 0 saturated carbocycles. The molecule has 0 aliphatic carbocycles. The number of aromatic nitrogens is 2. The Morgan fingerprint density at radius 3 is 2.48 bits per heavy atom. The van der Waals surface area contributed by atoms with Gasteiger partial charge in [0.25, 0.3) is 5.91 Å². The standard InChI is InChI=1S/C15H16N4O5S/c1-9-4-5-11(8-12(9)25(16,22)23)14(21)24-10(2)13(20)19-15-17-6-3-7-18-15/h3-8,10H,1-2H3,(H2,16,22,23)(H,17,18,19,20). The van der Waals surface area contributed by atoms with Crippen LogP contribution < -0.4 is 10.5 Å². The molecule has 0 aliphatic heterocycles. The summed E-state index contributed by atoms with van der Waals surface area (Å²) in [4.78, 5) is 31.6. The Morgan fingerprint density at radius 1 is 1.24 bits per heavy atom. The largest absolute Gasteiger partial charge is 0.449 e. The van der Waals surface area contributed by atoms with Crippen LogP contribution >= 0.6 is 0 Å². The number of hydrogen-bond acceptors (Lipinski definition) is 7. The number of anilines is 1. The number of nitrogens with two attached hydrogens (primary N) is 1. The Hall–Kier alpha value is -2.85. The van der Waals surface area contributed by atoms with Crippen molar-refractivity contribution in [2.45, 2.75) is 24.8 Å². The van der Waals surface area contributed by atoms with Crippen LogP contribution in [0.25, 0.3) is 0 Å². The molecule has 3 N–H and O–H groups in total. The second-order valence-corrected chi connectivity index (χ2v) is 6.66. The second-order valence-electron chi connectivity index (χ2n) is 5.13. The van der Waals surface area contributed by atoms with Crippen molar-refractivity contribution in [1.29, 1.82) is 0 Å². The molecule has 0 radical (unpaired) electrons. The topological polar surface area (TPSA) is 141 Å². The highest BCUT2D eigenvalue weighted by molar-refractivity contribution is 7.89. The van der Waals surface area contributed by atoms with Gasteiger partial charge in [-0.15, -0.1) is 0 Å². The summed E-state index contributed by atoms with van der Waals surface area (Å²) in [5, 5.41) is 7.49. The van der Waals surface area contributed by atoms with Crippen LogP contribution in [0.15, 0.2) is 41.6 Å². The van der Waals surface area contributed by atoms with Crippen molar-refractivity contribution < 1.29 is 22.7 Å². The molecule has 1 heterocycles. The van der Waals surface area contributed by atoms with Gasteiger partial charge in [0.2, 0.25) is 16.0 Å². The SMILES string of the molecule is Cc1ccc(C(=O)OC(C)C(=O)Nc2ncccn2)cc1S(N)(=O)=O. The van der Waals surface area contributed by atoms with Crippen molar-refractivity contribution in [3.8, 4) is 0 Å². The van der Waals surface area contributed by atoms with Crippen LogP contribution in [-0.2, 0) is 19.6 Å². The summed E-state index contributed by atoms with van der Waals surface area (Å²) in [6.45, 7) is 2.91. The average molecular weight is 364 g/mol. The molecule has 0 spiro atoms. The number of ether oxygens (including phenoxy) is 1. The molecule has 2 aromatic rings. The summed E-state index contributed by atoms with van der Waals surface area (Å²) >= 11 is 0. The van der Waals surface area contributed by atoms with E-state index < -0.39 is 28.0 Å². The predicted octanol–water partition coefficient (Wildman–Crippen LogP) is 0.616. The fourth-order valence-electron chi connectivity index (χ4n) is 1.89. The summed E-state index contributed by atoms with van der Waals surface area (Å²) in [6, 6.07) is 5.51. The highest BCUT2D eigenvalue weighted by Crippen LogP contribution is 2.17. The fourth-order valence-corrected chi connectivity index (χ4v) is 2.70. The first-order valence-electron chi connectivity index (χ1n) is 7.11. The quantitative estimate of drug-likeness (QED) is 0.741. The van der Waals surface area contributed by atoms with Gasteiger partial charge in [0.15, 0.2) is 6.10 Å². The molecule has 2 rings (SSSR count). The van der Waals surface area contributed by atoms with E-state index in [-0.39, 0.29) is 16.4 Å². The Labute approximate surface area is 144 Å². The Bertz CT molecular complexity index is 899. The molecule has 1 aromatic carbocycles. The molecule has 1 amide bonds. The number of nitrogens with one attached hydrogen (secondary N) is 1. The van der Waals surface area contributed by atoms with Gasteiger partial charge in [-0.2, -0.15) is 0 Å². The normalized spacial score (nSPS) is 12.3. The number of aryl methyl sites for hydroxylation is 1. The van der Waals surface area contributed by atoms with E-state index in [1.165, 1.54) is 31.5 Å². The Balaban J connectivity index is 2.10. The molecular formula is C15H16N4O5S. The van der Waals surface area contributed by atoms with Crippen LogP contribution in [-0.4, -0.2) is 36.4 Å². The lowest BCUT2D eigenvalue weighted by molar-refractivity contribution is -0.123. The maximum Gasteiger partial charge on any atom is 0.338 e. The molecule has 1 aromatic heterocycles. The molecule has 25 heavy (non-hydrogen) atoms. The van der Waals surface area contributed by atoms with E-state index in [0.29, 0.717) is 5.56 Å². The van der Waals surface area contributed by atoms with Crippen LogP contribution in [0.4, 0.5) is 5.95 Å². The smallest absolute Gasteiger partial charge is 0.338 e. The number of benzene rings is 1. The van der Waals surface area contributed by atoms with Crippen molar-refractivity contribution in [2.24, 2.45) is 5.14 Å². The number of sulfonamides is 1. The van der Waals surface area contributed by atoms with Gasteiger partial charge in [-0.3, -0.25) is 10.1 Å². The lowest BCUT2D eigenvalue weighted by Gasteiger charge is -2.13. The average Bonchev–Trinajstić information content (AvgIpc) is 2.54. The monoisotopic (exact) mass is 364 g/mol. The van der Waals surface area contributed by atoms with Gasteiger partial charge < -0.3 is 4.74 Å². The van der Waals surface area contributed by atoms with Crippen molar-refractivity contribution in [2.75, 3.05) is 5.32 Å². The summed E-state index contributed by atoms with van der Waals surface area (Å²) < 4.78 is 28.1. The zero-order valence-corrected chi connectivity index (χ0v) is 14.3. The number of hydrogen-bond donors (Lipinski definition) is 2. The minimum atomic E-state index is -3.98. The van der Waals surface area contributed by atoms with Crippen molar-refractivity contribution >= 4 is 27.8 Å². The number of carbonyl (C=O) groups is 2. The van der Waals surface area contributed by atoms with Gasteiger partial charge in [0, 0.05) is 12.4 Å². The third-order valence-electron chi connectivity index (χ3n) is 3.18. The van der Waals surface area contributed by atoms with Gasteiger partial charge >= 0.3 is 5.97 Å². The van der Waals surface area contributed by atoms with E-state index >= 15 is 0 Å². The lowest BCUT2D eigenvalue weighted by Crippen LogP contribution is -2.30. The molecule has 10 heteroatoms. The maximum atomic E-state index is 12.1. The first-order chi connectivity index (χ1) is 11.7. The van der Waals surface area contributed by atoms with Gasteiger partial charge in [-0.05, 0) is 37.6 Å². The number of esters is 1. The third-order valence-corrected chi connectivity index (χ3v) is 4.24. The van der Waals surface area contributed by atoms with E-state index in [0.717, 1.165) is 6.07 Å². The predicted molar refractivity (Wildman–Crippen MR) is 88.1 cm³/mol. The fraction of sp³-hybridized carbons (Fsp3) is 0.200. The van der Waals surface area contributed by atoms with Crippen LogP contribution in [0.1, 0.15) is 22.8 Å². The molecule has 9 nitrogen and oxygen atoms in total. The molecule has 132 valence electrons. The first kappa shape index (κ1) is 18.5. The summed E-state index contributed by atoms with van der Waals surface area (Å²) in [5.41, 5.74) is 0.358. The highest BCUT2D eigenvalue weighted by atomic mass is 32.2. The van der Waals surface area contributed by atoms with Crippen LogP contribution in [0, 0.1) is 6.92 Å². The van der Waals surface area contributed by atoms with Gasteiger partial charge in [0.05, 0.1) is 10.5 Å². The minimum absolute atomic E-state index is 0.0368. The second kappa shape index (κ2) is 7.36. The molecule has 0 aliphatic rings. The van der Waals surface area contributed by atoms with Crippen LogP contribution in [0.5, 0.6) is 0 Å². The lowest BCUT2D eigenvalue weighted by atomic mass is 10.1. The first-order valence-corrected chi connectivity index (χ1v) is 8.65. The van der Waals surface area contributed by atoms with Crippen molar-refractivity contribution in [1.82, 2.24) is 9.97 Å². The molecule has 1 unspecified atom stereocenters. The Kier molecular flexibility index (Phi) is 5.45. The number of nitrogens with zero attached hydrogens (tertiary/aromatic N) is 2. The molecule has 0 fully saturated rings. The zero-order chi connectivity index (χ0) is 18.6. The van der Waals surface area contributed by atoms with E-state index in [1.807, 2.05) is 0 Å². The number of primary sulfonamides is 1. The van der Waals surface area contributed by atoms with Crippen molar-refractivity contribution in [3.05, 3.63) is 47.8 Å². The van der Waals surface area contributed by atoms with Crippen LogP contribution in [0.3, 0.4) is 0 Å². The molecule has 1 atom stereocenters. The number of rotatable bonds is 5. The highest BCUT2D eigenvalue weighted by Gasteiger charge is 2.21. The van der Waals surface area contributed by atoms with E-state index in [4.69, 9.17) is 9.88 Å². The van der Waals surface area contributed by atoms with Crippen molar-refractivity contribution in [3.63, 3.8) is 0 Å². The maximum absolute atomic E-state index is 12.1. The van der Waals surface area contributed by atoms with Gasteiger partial charge in [-0.25, -0.2) is 28.3 Å². The van der Waals surface area contributed by atoms with E-state index in [1.54, 1.807) is 13.0 Å². The third kappa shape index (κ3) is 4.81. The molecule has 0 saturated heterocycles. The van der Waals surface area contributed by atoms with E-state index in [9.17, 15) is 18.0 Å². The summed E-state index contributed by atoms with van der Waals surface area (Å²) in [6.07, 6.45) is 1.75. The molecule has 0 bridgehead atoms. The number of carbonyl (C=O) groups excluding carboxylic acids is 2. The Morgan fingerprint density at radius 2 is 1.88 bits per heavy atom. The van der Waals surface area contributed by atoms with Crippen LogP contribution in [0.2, 0.25) is 0 Å². The van der Waals surface area contributed by atoms with E-state index in [2.05, 4.69) is 15.3 Å². The minimum Gasteiger partial charge on any atom is -0.449 e. The van der Waals surface area contributed by atoms with Gasteiger partial charge in [0.1, 0.15) is 0 Å². The summed E-state index contributed by atoms with van der Waals surface area (Å²) in [7, 11) is -3.98. The van der Waals surface area contributed by atoms with Gasteiger partial charge in [-0.1, -0.05) is 6.07 Å². The number of amides is 1.